The van der Waals surface area contributed by atoms with Crippen LogP contribution in [0.4, 0.5) is 0 Å². The zero-order chi connectivity index (χ0) is 17.8. The van der Waals surface area contributed by atoms with E-state index in [1.165, 1.54) is 16.8 Å². The largest absolute Gasteiger partial charge is 0.341 e. The summed E-state index contributed by atoms with van der Waals surface area (Å²) in [5.74, 6) is 0.340. The minimum atomic E-state index is -0.335. The van der Waals surface area contributed by atoms with Gasteiger partial charge in [-0.2, -0.15) is 5.10 Å². The third kappa shape index (κ3) is 3.76. The van der Waals surface area contributed by atoms with Gasteiger partial charge in [0.2, 0.25) is 0 Å². The highest BCUT2D eigenvalue weighted by molar-refractivity contribution is 5.92. The Bertz CT molecular complexity index is 911. The molecule has 0 spiro atoms. The lowest BCUT2D eigenvalue weighted by Gasteiger charge is -2.12. The lowest BCUT2D eigenvalue weighted by atomic mass is 10.3. The van der Waals surface area contributed by atoms with Gasteiger partial charge in [-0.15, -0.1) is 0 Å². The number of aromatic amines is 1. The Labute approximate surface area is 145 Å². The molecule has 0 radical (unpaired) electrons. The first-order valence-electron chi connectivity index (χ1n) is 8.42. The van der Waals surface area contributed by atoms with Crippen LogP contribution in [-0.2, 0) is 6.54 Å². The summed E-state index contributed by atoms with van der Waals surface area (Å²) < 4.78 is 1.34. The lowest BCUT2D eigenvalue weighted by molar-refractivity contribution is 0.0930. The SMILES string of the molecule is CCCCn1nc(C(=O)N[C@@H](C)c2nc3ccccc3[nH]2)ccc1=O. The summed E-state index contributed by atoms with van der Waals surface area (Å²) in [6.45, 7) is 4.40. The van der Waals surface area contributed by atoms with Crippen LogP contribution >= 0.6 is 0 Å². The first kappa shape index (κ1) is 16.9. The Hall–Kier alpha value is -2.96. The first-order chi connectivity index (χ1) is 12.1. The van der Waals surface area contributed by atoms with Crippen LogP contribution in [0.25, 0.3) is 11.0 Å². The highest BCUT2D eigenvalue weighted by Crippen LogP contribution is 2.15. The summed E-state index contributed by atoms with van der Waals surface area (Å²) in [6, 6.07) is 10.2. The quantitative estimate of drug-likeness (QED) is 0.721. The van der Waals surface area contributed by atoms with Gasteiger partial charge in [-0.1, -0.05) is 25.5 Å². The first-order valence-corrected chi connectivity index (χ1v) is 8.42. The Balaban J connectivity index is 1.75. The normalized spacial score (nSPS) is 12.2. The van der Waals surface area contributed by atoms with Crippen LogP contribution in [-0.4, -0.2) is 25.7 Å². The number of fused-ring (bicyclic) bond motifs is 1. The van der Waals surface area contributed by atoms with E-state index in [4.69, 9.17) is 0 Å². The number of nitrogens with zero attached hydrogens (tertiary/aromatic N) is 3. The van der Waals surface area contributed by atoms with Crippen LogP contribution in [0, 0.1) is 0 Å². The summed E-state index contributed by atoms with van der Waals surface area (Å²) in [7, 11) is 0. The van der Waals surface area contributed by atoms with E-state index in [0.29, 0.717) is 12.4 Å². The molecule has 130 valence electrons. The van der Waals surface area contributed by atoms with Crippen molar-refractivity contribution in [3.05, 3.63) is 58.3 Å². The van der Waals surface area contributed by atoms with Crippen LogP contribution in [0.3, 0.4) is 0 Å². The maximum Gasteiger partial charge on any atom is 0.272 e. The third-order valence-electron chi connectivity index (χ3n) is 3.99. The van der Waals surface area contributed by atoms with Gasteiger partial charge in [-0.05, 0) is 31.5 Å². The molecular weight excluding hydrogens is 318 g/mol. The number of aromatic nitrogens is 4. The van der Waals surface area contributed by atoms with E-state index in [1.54, 1.807) is 0 Å². The van der Waals surface area contributed by atoms with Gasteiger partial charge in [0.15, 0.2) is 0 Å². The molecule has 25 heavy (non-hydrogen) atoms. The number of hydrogen-bond donors (Lipinski definition) is 2. The van der Waals surface area contributed by atoms with Crippen LogP contribution in [0.1, 0.15) is 49.0 Å². The van der Waals surface area contributed by atoms with Crippen molar-refractivity contribution in [1.29, 1.82) is 0 Å². The number of aryl methyl sites for hydroxylation is 1. The number of rotatable bonds is 6. The zero-order valence-electron chi connectivity index (χ0n) is 14.3. The van der Waals surface area contributed by atoms with Gasteiger partial charge in [0.25, 0.3) is 11.5 Å². The number of benzene rings is 1. The number of nitrogens with one attached hydrogen (secondary N) is 2. The number of unbranched alkanes of at least 4 members (excludes halogenated alkanes) is 1. The predicted molar refractivity (Wildman–Crippen MR) is 95.4 cm³/mol. The standard InChI is InChI=1S/C18H21N5O2/c1-3-4-11-23-16(24)10-9-15(22-23)18(25)19-12(2)17-20-13-7-5-6-8-14(13)21-17/h5-10,12H,3-4,11H2,1-2H3,(H,19,25)(H,20,21)/t12-/m0/s1. The Kier molecular flexibility index (Phi) is 4.92. The number of amides is 1. The minimum Gasteiger partial charge on any atom is -0.341 e. The van der Waals surface area contributed by atoms with Gasteiger partial charge < -0.3 is 10.3 Å². The number of imidazole rings is 1. The smallest absolute Gasteiger partial charge is 0.272 e. The molecule has 3 aromatic rings. The molecule has 2 N–H and O–H groups in total. The van der Waals surface area contributed by atoms with E-state index in [9.17, 15) is 9.59 Å². The number of carbonyl (C=O) groups is 1. The number of hydrogen-bond acceptors (Lipinski definition) is 4. The molecule has 1 aromatic carbocycles. The fraction of sp³-hybridized carbons (Fsp3) is 0.333. The van der Waals surface area contributed by atoms with Gasteiger partial charge in [0, 0.05) is 12.6 Å². The molecule has 1 amide bonds. The van der Waals surface area contributed by atoms with Gasteiger partial charge in [0.1, 0.15) is 11.5 Å². The number of para-hydroxylation sites is 2. The molecule has 1 atom stereocenters. The van der Waals surface area contributed by atoms with Gasteiger partial charge >= 0.3 is 0 Å². The van der Waals surface area contributed by atoms with Crippen LogP contribution in [0.15, 0.2) is 41.2 Å². The van der Waals surface area contributed by atoms with Crippen molar-refractivity contribution in [2.75, 3.05) is 0 Å². The van der Waals surface area contributed by atoms with E-state index in [2.05, 4.69) is 20.4 Å². The fourth-order valence-corrected chi connectivity index (χ4v) is 2.55. The molecule has 7 heteroatoms. The molecule has 0 aliphatic carbocycles. The summed E-state index contributed by atoms with van der Waals surface area (Å²) in [5, 5.41) is 7.03. The number of carbonyl (C=O) groups excluding carboxylic acids is 1. The average Bonchev–Trinajstić information content (AvgIpc) is 3.05. The highest BCUT2D eigenvalue weighted by atomic mass is 16.2. The molecular formula is C18H21N5O2. The molecule has 0 aliphatic rings. The Morgan fingerprint density at radius 1 is 1.28 bits per heavy atom. The van der Waals surface area contributed by atoms with Crippen LogP contribution in [0.2, 0.25) is 0 Å². The summed E-state index contributed by atoms with van der Waals surface area (Å²) >= 11 is 0. The predicted octanol–water partition coefficient (Wildman–Crippen LogP) is 2.41. The molecule has 0 saturated carbocycles. The molecule has 7 nitrogen and oxygen atoms in total. The Morgan fingerprint density at radius 3 is 2.84 bits per heavy atom. The molecule has 2 heterocycles. The van der Waals surface area contributed by atoms with Gasteiger partial charge in [0.05, 0.1) is 17.1 Å². The Morgan fingerprint density at radius 2 is 2.08 bits per heavy atom. The summed E-state index contributed by atoms with van der Waals surface area (Å²) in [5.41, 5.74) is 1.80. The van der Waals surface area contributed by atoms with Crippen molar-refractivity contribution in [1.82, 2.24) is 25.1 Å². The lowest BCUT2D eigenvalue weighted by Crippen LogP contribution is -2.31. The van der Waals surface area contributed by atoms with Crippen molar-refractivity contribution in [3.63, 3.8) is 0 Å². The summed E-state index contributed by atoms with van der Waals surface area (Å²) in [4.78, 5) is 31.9. The molecule has 3 rings (SSSR count). The van der Waals surface area contributed by atoms with Crippen LogP contribution in [0.5, 0.6) is 0 Å². The van der Waals surface area contributed by atoms with E-state index >= 15 is 0 Å². The highest BCUT2D eigenvalue weighted by Gasteiger charge is 2.16. The minimum absolute atomic E-state index is 0.199. The molecule has 0 saturated heterocycles. The van der Waals surface area contributed by atoms with E-state index in [0.717, 1.165) is 23.9 Å². The van der Waals surface area contributed by atoms with Gasteiger partial charge in [-0.3, -0.25) is 9.59 Å². The van der Waals surface area contributed by atoms with Crippen molar-refractivity contribution in [3.8, 4) is 0 Å². The van der Waals surface area contributed by atoms with Crippen LogP contribution < -0.4 is 10.9 Å². The molecule has 0 bridgehead atoms. The molecule has 0 fully saturated rings. The second kappa shape index (κ2) is 7.29. The molecule has 0 unspecified atom stereocenters. The van der Waals surface area contributed by atoms with Crippen molar-refractivity contribution in [2.45, 2.75) is 39.3 Å². The van der Waals surface area contributed by atoms with Crippen molar-refractivity contribution < 1.29 is 4.79 Å². The molecule has 2 aromatic heterocycles. The van der Waals surface area contributed by atoms with Crippen molar-refractivity contribution >= 4 is 16.9 Å². The maximum atomic E-state index is 12.5. The second-order valence-electron chi connectivity index (χ2n) is 5.97. The molecule has 0 aliphatic heterocycles. The van der Waals surface area contributed by atoms with E-state index in [1.807, 2.05) is 38.1 Å². The fourth-order valence-electron chi connectivity index (χ4n) is 2.55. The number of H-pyrrole nitrogens is 1. The third-order valence-corrected chi connectivity index (χ3v) is 3.99. The zero-order valence-corrected chi connectivity index (χ0v) is 14.3. The summed E-state index contributed by atoms with van der Waals surface area (Å²) in [6.07, 6.45) is 1.79. The average molecular weight is 339 g/mol. The van der Waals surface area contributed by atoms with E-state index in [-0.39, 0.29) is 23.2 Å². The topological polar surface area (TPSA) is 92.7 Å². The van der Waals surface area contributed by atoms with E-state index < -0.39 is 0 Å². The van der Waals surface area contributed by atoms with Crippen molar-refractivity contribution in [2.24, 2.45) is 0 Å². The maximum absolute atomic E-state index is 12.5. The second-order valence-corrected chi connectivity index (χ2v) is 5.97. The monoisotopic (exact) mass is 339 g/mol. The van der Waals surface area contributed by atoms with Gasteiger partial charge in [-0.25, -0.2) is 9.67 Å².